The summed E-state index contributed by atoms with van der Waals surface area (Å²) in [6.45, 7) is 11.5. The highest BCUT2D eigenvalue weighted by molar-refractivity contribution is 6.22. The van der Waals surface area contributed by atoms with Crippen LogP contribution in [0.4, 0.5) is 0 Å². The molecule has 2 nitrogen and oxygen atoms in total. The fourth-order valence-electron chi connectivity index (χ4n) is 1.63. The number of rotatable bonds is 8. The quantitative estimate of drug-likeness (QED) is 0.366. The second kappa shape index (κ2) is 9.21. The van der Waals surface area contributed by atoms with E-state index in [9.17, 15) is 4.79 Å². The van der Waals surface area contributed by atoms with Crippen molar-refractivity contribution in [2.45, 2.75) is 64.9 Å². The molecule has 0 saturated heterocycles. The van der Waals surface area contributed by atoms with E-state index in [1.54, 1.807) is 0 Å². The van der Waals surface area contributed by atoms with Crippen molar-refractivity contribution in [3.05, 3.63) is 23.8 Å². The number of allylic oxidation sites excluding steroid dienone is 3. The molecule has 2 atom stereocenters. The zero-order chi connectivity index (χ0) is 14.1. The molecule has 0 fully saturated rings. The summed E-state index contributed by atoms with van der Waals surface area (Å²) in [7, 11) is 0. The van der Waals surface area contributed by atoms with Gasteiger partial charge in [0.05, 0.1) is 11.5 Å². The van der Waals surface area contributed by atoms with Crippen LogP contribution < -0.4 is 0 Å². The lowest BCUT2D eigenvalue weighted by Gasteiger charge is -2.16. The van der Waals surface area contributed by atoms with Crippen molar-refractivity contribution >= 4 is 17.6 Å². The first-order chi connectivity index (χ1) is 8.32. The van der Waals surface area contributed by atoms with Crippen molar-refractivity contribution in [1.82, 2.24) is 0 Å². The largest absolute Gasteiger partial charge is 0.463 e. The Morgan fingerprint density at radius 1 is 1.33 bits per heavy atom. The van der Waals surface area contributed by atoms with Crippen molar-refractivity contribution in [2.75, 3.05) is 0 Å². The molecule has 18 heavy (non-hydrogen) atoms. The zero-order valence-electron chi connectivity index (χ0n) is 12.0. The third-order valence-corrected chi connectivity index (χ3v) is 3.18. The van der Waals surface area contributed by atoms with E-state index in [-0.39, 0.29) is 17.5 Å². The summed E-state index contributed by atoms with van der Waals surface area (Å²) in [6, 6.07) is 0. The van der Waals surface area contributed by atoms with Crippen LogP contribution in [0.15, 0.2) is 23.8 Å². The second-order valence-corrected chi connectivity index (χ2v) is 5.47. The molecule has 0 aliphatic heterocycles. The highest BCUT2D eigenvalue weighted by Gasteiger charge is 2.12. The van der Waals surface area contributed by atoms with Gasteiger partial charge in [-0.05, 0) is 46.5 Å². The summed E-state index contributed by atoms with van der Waals surface area (Å²) in [4.78, 5) is 10.8. The molecule has 0 aromatic rings. The first-order valence-corrected chi connectivity index (χ1v) is 6.89. The van der Waals surface area contributed by atoms with E-state index in [0.717, 1.165) is 31.3 Å². The third kappa shape index (κ3) is 9.29. The van der Waals surface area contributed by atoms with Crippen LogP contribution in [-0.4, -0.2) is 17.5 Å². The first-order valence-electron chi connectivity index (χ1n) is 6.45. The third-order valence-electron chi connectivity index (χ3n) is 2.65. The predicted octanol–water partition coefficient (Wildman–Crippen LogP) is 4.63. The maximum Gasteiger partial charge on any atom is 0.302 e. The summed E-state index contributed by atoms with van der Waals surface area (Å²) in [5.74, 6) is -0.240. The van der Waals surface area contributed by atoms with Gasteiger partial charge in [0.1, 0.15) is 0 Å². The number of halogens is 1. The molecule has 0 rings (SSSR count). The summed E-state index contributed by atoms with van der Waals surface area (Å²) in [5, 5.41) is -0.0337. The van der Waals surface area contributed by atoms with Crippen LogP contribution in [0, 0.1) is 0 Å². The smallest absolute Gasteiger partial charge is 0.302 e. The number of alkyl halides is 1. The predicted molar refractivity (Wildman–Crippen MR) is 77.9 cm³/mol. The van der Waals surface area contributed by atoms with Crippen LogP contribution >= 0.6 is 11.6 Å². The minimum Gasteiger partial charge on any atom is -0.463 e. The highest BCUT2D eigenvalue weighted by Crippen LogP contribution is 2.20. The van der Waals surface area contributed by atoms with Gasteiger partial charge in [0.15, 0.2) is 0 Å². The Morgan fingerprint density at radius 3 is 2.44 bits per heavy atom. The molecular formula is C15H25ClO2. The van der Waals surface area contributed by atoms with E-state index >= 15 is 0 Å². The lowest BCUT2D eigenvalue weighted by molar-refractivity contribution is -0.145. The fraction of sp³-hybridized carbons (Fsp3) is 0.667. The van der Waals surface area contributed by atoms with Crippen molar-refractivity contribution in [3.63, 3.8) is 0 Å². The minimum atomic E-state index is -0.240. The van der Waals surface area contributed by atoms with E-state index in [4.69, 9.17) is 16.3 Å². The molecule has 0 aromatic heterocycles. The molecule has 0 amide bonds. The second-order valence-electron chi connectivity index (χ2n) is 4.94. The monoisotopic (exact) mass is 272 g/mol. The summed E-state index contributed by atoms with van der Waals surface area (Å²) in [6.07, 6.45) is 5.59. The molecule has 0 saturated carbocycles. The highest BCUT2D eigenvalue weighted by atomic mass is 35.5. The molecule has 0 aliphatic carbocycles. The van der Waals surface area contributed by atoms with Gasteiger partial charge in [0.25, 0.3) is 0 Å². The standard InChI is InChI=1S/C15H25ClO2/c1-11(2)7-6-8-12(3)15(16)10-9-13(4)18-14(5)17/h7,13,15H,3,6,8-10H2,1-2,4-5H3. The molecule has 104 valence electrons. The van der Waals surface area contributed by atoms with Gasteiger partial charge in [0.2, 0.25) is 0 Å². The maximum atomic E-state index is 10.8. The Morgan fingerprint density at radius 2 is 1.94 bits per heavy atom. The molecule has 0 heterocycles. The van der Waals surface area contributed by atoms with Gasteiger partial charge in [-0.15, -0.1) is 11.6 Å². The van der Waals surface area contributed by atoms with E-state index in [0.29, 0.717) is 0 Å². The topological polar surface area (TPSA) is 26.3 Å². The number of carbonyl (C=O) groups is 1. The molecule has 0 N–H and O–H groups in total. The first kappa shape index (κ1) is 17.2. The summed E-state index contributed by atoms with van der Waals surface area (Å²) >= 11 is 6.27. The SMILES string of the molecule is C=C(CCC=C(C)C)C(Cl)CCC(C)OC(C)=O. The zero-order valence-corrected chi connectivity index (χ0v) is 12.7. The lowest BCUT2D eigenvalue weighted by Crippen LogP contribution is -2.14. The molecule has 0 radical (unpaired) electrons. The normalized spacial score (nSPS) is 13.6. The Hall–Kier alpha value is -0.760. The van der Waals surface area contributed by atoms with Gasteiger partial charge in [-0.1, -0.05) is 23.8 Å². The number of ether oxygens (including phenoxy) is 1. The van der Waals surface area contributed by atoms with Gasteiger partial charge < -0.3 is 4.74 Å². The van der Waals surface area contributed by atoms with Crippen molar-refractivity contribution in [1.29, 1.82) is 0 Å². The average Bonchev–Trinajstić information content (AvgIpc) is 2.24. The Balaban J connectivity index is 3.87. The van der Waals surface area contributed by atoms with Crippen molar-refractivity contribution in [2.24, 2.45) is 0 Å². The van der Waals surface area contributed by atoms with Gasteiger partial charge >= 0.3 is 5.97 Å². The average molecular weight is 273 g/mol. The van der Waals surface area contributed by atoms with Gasteiger partial charge in [-0.25, -0.2) is 0 Å². The molecule has 2 unspecified atom stereocenters. The molecule has 0 bridgehead atoms. The van der Waals surface area contributed by atoms with E-state index < -0.39 is 0 Å². The Bertz CT molecular complexity index is 304. The van der Waals surface area contributed by atoms with E-state index in [1.165, 1.54) is 12.5 Å². The van der Waals surface area contributed by atoms with Crippen molar-refractivity contribution in [3.8, 4) is 0 Å². The van der Waals surface area contributed by atoms with Crippen LogP contribution in [0.5, 0.6) is 0 Å². The summed E-state index contributed by atoms with van der Waals surface area (Å²) in [5.41, 5.74) is 2.38. The number of hydrogen-bond acceptors (Lipinski definition) is 2. The van der Waals surface area contributed by atoms with E-state index in [1.807, 2.05) is 6.92 Å². The van der Waals surface area contributed by atoms with E-state index in [2.05, 4.69) is 26.5 Å². The Labute approximate surface area is 116 Å². The number of carbonyl (C=O) groups excluding carboxylic acids is 1. The number of esters is 1. The molecule has 0 aliphatic rings. The Kier molecular flexibility index (Phi) is 8.82. The van der Waals surface area contributed by atoms with Crippen molar-refractivity contribution < 1.29 is 9.53 Å². The molecule has 0 aromatic carbocycles. The van der Waals surface area contributed by atoms with Crippen LogP contribution in [-0.2, 0) is 9.53 Å². The van der Waals surface area contributed by atoms with Crippen LogP contribution in [0.25, 0.3) is 0 Å². The maximum absolute atomic E-state index is 10.8. The lowest BCUT2D eigenvalue weighted by atomic mass is 10.0. The molecular weight excluding hydrogens is 248 g/mol. The minimum absolute atomic E-state index is 0.0337. The van der Waals surface area contributed by atoms with Gasteiger partial charge in [-0.2, -0.15) is 0 Å². The fourth-order valence-corrected chi connectivity index (χ4v) is 1.87. The van der Waals surface area contributed by atoms with Crippen LogP contribution in [0.2, 0.25) is 0 Å². The summed E-state index contributed by atoms with van der Waals surface area (Å²) < 4.78 is 5.06. The van der Waals surface area contributed by atoms with Gasteiger partial charge in [0, 0.05) is 6.92 Å². The number of hydrogen-bond donors (Lipinski definition) is 0. The molecule has 0 spiro atoms. The van der Waals surface area contributed by atoms with Gasteiger partial charge in [-0.3, -0.25) is 4.79 Å². The van der Waals surface area contributed by atoms with Crippen LogP contribution in [0.1, 0.15) is 53.4 Å². The van der Waals surface area contributed by atoms with Crippen LogP contribution in [0.3, 0.4) is 0 Å². The molecule has 3 heteroatoms.